The third kappa shape index (κ3) is 2.22. The summed E-state index contributed by atoms with van der Waals surface area (Å²) in [5.41, 5.74) is 0. The Kier molecular flexibility index (Phi) is 2.65. The van der Waals surface area contributed by atoms with E-state index in [1.54, 1.807) is 12.7 Å². The first-order valence-electron chi connectivity index (χ1n) is 5.63. The molecule has 5 heteroatoms. The first-order valence-corrected chi connectivity index (χ1v) is 5.63. The standard InChI is InChI=1S/C12H13N3O2/c1-2-4-12-11(3-1)16-7-10(17-12)5-6-15-8-13-14-9-15/h1-4,8-10H,5-7H2/t10-/m0/s1. The SMILES string of the molecule is c1ccc2c(c1)OC[C@H](CCn1cnnc1)O2. The van der Waals surface area contributed by atoms with E-state index in [-0.39, 0.29) is 6.10 Å². The van der Waals surface area contributed by atoms with Crippen molar-refractivity contribution in [3.05, 3.63) is 36.9 Å². The number of hydrogen-bond acceptors (Lipinski definition) is 4. The van der Waals surface area contributed by atoms with Crippen LogP contribution in [0.5, 0.6) is 11.5 Å². The van der Waals surface area contributed by atoms with Crippen molar-refractivity contribution in [1.29, 1.82) is 0 Å². The van der Waals surface area contributed by atoms with Gasteiger partial charge in [-0.3, -0.25) is 0 Å². The molecule has 0 spiro atoms. The Morgan fingerprint density at radius 2 is 1.94 bits per heavy atom. The van der Waals surface area contributed by atoms with Crippen molar-refractivity contribution in [2.45, 2.75) is 19.1 Å². The summed E-state index contributed by atoms with van der Waals surface area (Å²) in [6, 6.07) is 7.75. The molecular formula is C12H13N3O2. The Bertz CT molecular complexity index is 484. The molecule has 1 atom stereocenters. The highest BCUT2D eigenvalue weighted by Crippen LogP contribution is 2.31. The van der Waals surface area contributed by atoms with Crippen LogP contribution in [0, 0.1) is 0 Å². The minimum Gasteiger partial charge on any atom is -0.486 e. The number of aryl methyl sites for hydroxylation is 1. The second-order valence-corrected chi connectivity index (χ2v) is 3.99. The quantitative estimate of drug-likeness (QED) is 0.803. The van der Waals surface area contributed by atoms with Gasteiger partial charge >= 0.3 is 0 Å². The molecule has 0 amide bonds. The summed E-state index contributed by atoms with van der Waals surface area (Å²) in [7, 11) is 0. The van der Waals surface area contributed by atoms with E-state index in [1.807, 2.05) is 28.8 Å². The zero-order valence-corrected chi connectivity index (χ0v) is 9.32. The fraction of sp³-hybridized carbons (Fsp3) is 0.333. The summed E-state index contributed by atoms with van der Waals surface area (Å²) in [5.74, 6) is 1.65. The number of hydrogen-bond donors (Lipinski definition) is 0. The summed E-state index contributed by atoms with van der Waals surface area (Å²) < 4.78 is 13.4. The van der Waals surface area contributed by atoms with Gasteiger partial charge in [-0.25, -0.2) is 0 Å². The molecule has 0 saturated carbocycles. The van der Waals surface area contributed by atoms with E-state index < -0.39 is 0 Å². The zero-order chi connectivity index (χ0) is 11.5. The van der Waals surface area contributed by atoms with Gasteiger partial charge in [0.25, 0.3) is 0 Å². The largest absolute Gasteiger partial charge is 0.486 e. The molecule has 0 radical (unpaired) electrons. The summed E-state index contributed by atoms with van der Waals surface area (Å²) in [4.78, 5) is 0. The molecule has 5 nitrogen and oxygen atoms in total. The van der Waals surface area contributed by atoms with E-state index in [1.165, 1.54) is 0 Å². The Balaban J connectivity index is 1.61. The molecule has 2 aromatic rings. The molecule has 17 heavy (non-hydrogen) atoms. The van der Waals surface area contributed by atoms with Crippen LogP contribution in [0.4, 0.5) is 0 Å². The molecule has 88 valence electrons. The molecule has 0 aliphatic carbocycles. The van der Waals surface area contributed by atoms with E-state index >= 15 is 0 Å². The van der Waals surface area contributed by atoms with Crippen LogP contribution in [0.25, 0.3) is 0 Å². The van der Waals surface area contributed by atoms with Crippen molar-refractivity contribution < 1.29 is 9.47 Å². The molecule has 0 N–H and O–H groups in total. The average molecular weight is 231 g/mol. The second kappa shape index (κ2) is 4.45. The van der Waals surface area contributed by atoms with E-state index in [4.69, 9.17) is 9.47 Å². The highest BCUT2D eigenvalue weighted by molar-refractivity contribution is 5.40. The molecule has 0 saturated heterocycles. The lowest BCUT2D eigenvalue weighted by Gasteiger charge is -2.26. The van der Waals surface area contributed by atoms with Gasteiger partial charge in [-0.15, -0.1) is 10.2 Å². The molecule has 0 unspecified atom stereocenters. The number of para-hydroxylation sites is 2. The van der Waals surface area contributed by atoms with Crippen LogP contribution in [-0.2, 0) is 6.54 Å². The Morgan fingerprint density at radius 3 is 2.76 bits per heavy atom. The van der Waals surface area contributed by atoms with Crippen LogP contribution in [0.2, 0.25) is 0 Å². The fourth-order valence-corrected chi connectivity index (χ4v) is 1.84. The van der Waals surface area contributed by atoms with Crippen molar-refractivity contribution in [1.82, 2.24) is 14.8 Å². The molecule has 3 rings (SSSR count). The van der Waals surface area contributed by atoms with Gasteiger partial charge in [0.15, 0.2) is 11.5 Å². The molecular weight excluding hydrogens is 218 g/mol. The van der Waals surface area contributed by atoms with Crippen LogP contribution in [-0.4, -0.2) is 27.5 Å². The maximum atomic E-state index is 5.85. The number of benzene rings is 1. The first-order chi connectivity index (χ1) is 8.42. The van der Waals surface area contributed by atoms with Crippen LogP contribution >= 0.6 is 0 Å². The maximum absolute atomic E-state index is 5.85. The van der Waals surface area contributed by atoms with Crippen molar-refractivity contribution in [2.75, 3.05) is 6.61 Å². The van der Waals surface area contributed by atoms with Gasteiger partial charge in [0.1, 0.15) is 25.4 Å². The van der Waals surface area contributed by atoms with E-state index in [2.05, 4.69) is 10.2 Å². The third-order valence-electron chi connectivity index (χ3n) is 2.74. The molecule has 1 aromatic heterocycles. The highest BCUT2D eigenvalue weighted by Gasteiger charge is 2.20. The number of fused-ring (bicyclic) bond motifs is 1. The minimum atomic E-state index is 0.0901. The van der Waals surface area contributed by atoms with Crippen LogP contribution in [0.15, 0.2) is 36.9 Å². The maximum Gasteiger partial charge on any atom is 0.161 e. The summed E-state index contributed by atoms with van der Waals surface area (Å²) >= 11 is 0. The van der Waals surface area contributed by atoms with Gasteiger partial charge < -0.3 is 14.0 Å². The van der Waals surface area contributed by atoms with Gasteiger partial charge in [0.2, 0.25) is 0 Å². The van der Waals surface area contributed by atoms with E-state index in [9.17, 15) is 0 Å². The number of nitrogens with zero attached hydrogens (tertiary/aromatic N) is 3. The van der Waals surface area contributed by atoms with Crippen LogP contribution < -0.4 is 9.47 Å². The summed E-state index contributed by atoms with van der Waals surface area (Å²) in [6.07, 6.45) is 4.38. The number of aromatic nitrogens is 3. The minimum absolute atomic E-state index is 0.0901. The second-order valence-electron chi connectivity index (χ2n) is 3.99. The van der Waals surface area contributed by atoms with Crippen LogP contribution in [0.1, 0.15) is 6.42 Å². The molecule has 0 fully saturated rings. The number of rotatable bonds is 3. The summed E-state index contributed by atoms with van der Waals surface area (Å²) in [6.45, 7) is 1.43. The summed E-state index contributed by atoms with van der Waals surface area (Å²) in [5, 5.41) is 7.53. The first kappa shape index (κ1) is 10.1. The Hall–Kier alpha value is -2.04. The van der Waals surface area contributed by atoms with Gasteiger partial charge in [-0.05, 0) is 12.1 Å². The highest BCUT2D eigenvalue weighted by atomic mass is 16.6. The fourth-order valence-electron chi connectivity index (χ4n) is 1.84. The predicted octanol–water partition coefficient (Wildman–Crippen LogP) is 1.51. The smallest absolute Gasteiger partial charge is 0.161 e. The number of ether oxygens (including phenoxy) is 2. The van der Waals surface area contributed by atoms with Gasteiger partial charge in [-0.2, -0.15) is 0 Å². The van der Waals surface area contributed by atoms with Crippen LogP contribution in [0.3, 0.4) is 0 Å². The third-order valence-corrected chi connectivity index (χ3v) is 2.74. The molecule has 1 aromatic carbocycles. The Morgan fingerprint density at radius 1 is 1.18 bits per heavy atom. The van der Waals surface area contributed by atoms with Crippen molar-refractivity contribution in [3.8, 4) is 11.5 Å². The van der Waals surface area contributed by atoms with Crippen molar-refractivity contribution in [3.63, 3.8) is 0 Å². The van der Waals surface area contributed by atoms with E-state index in [0.717, 1.165) is 24.5 Å². The predicted molar refractivity (Wildman–Crippen MR) is 61.0 cm³/mol. The molecule has 0 bridgehead atoms. The van der Waals surface area contributed by atoms with Crippen molar-refractivity contribution >= 4 is 0 Å². The lowest BCUT2D eigenvalue weighted by atomic mass is 10.2. The van der Waals surface area contributed by atoms with Gasteiger partial charge in [0, 0.05) is 13.0 Å². The van der Waals surface area contributed by atoms with E-state index in [0.29, 0.717) is 6.61 Å². The Labute approximate surface area is 99.0 Å². The lowest BCUT2D eigenvalue weighted by Crippen LogP contribution is -2.30. The molecule has 2 heterocycles. The monoisotopic (exact) mass is 231 g/mol. The average Bonchev–Trinajstić information content (AvgIpc) is 2.89. The van der Waals surface area contributed by atoms with Gasteiger partial charge in [0.05, 0.1) is 0 Å². The molecule has 1 aliphatic heterocycles. The topological polar surface area (TPSA) is 49.2 Å². The normalized spacial score (nSPS) is 18.0. The zero-order valence-electron chi connectivity index (χ0n) is 9.32. The lowest BCUT2D eigenvalue weighted by molar-refractivity contribution is 0.0816. The van der Waals surface area contributed by atoms with Crippen molar-refractivity contribution in [2.24, 2.45) is 0 Å². The van der Waals surface area contributed by atoms with Gasteiger partial charge in [-0.1, -0.05) is 12.1 Å². The molecule has 1 aliphatic rings.